The first-order valence-electron chi connectivity index (χ1n) is 5.57. The molecule has 0 aromatic carbocycles. The molecule has 7 heteroatoms. The molecule has 1 rings (SSSR count). The van der Waals surface area contributed by atoms with Crippen molar-refractivity contribution in [3.63, 3.8) is 0 Å². The topological polar surface area (TPSA) is 108 Å². The average molecular weight is 246 g/mol. The van der Waals surface area contributed by atoms with Gasteiger partial charge in [0.1, 0.15) is 0 Å². The van der Waals surface area contributed by atoms with E-state index in [9.17, 15) is 9.59 Å². The van der Waals surface area contributed by atoms with Crippen molar-refractivity contribution in [2.75, 3.05) is 13.2 Å². The van der Waals surface area contributed by atoms with Crippen LogP contribution in [0.5, 0.6) is 0 Å². The fourth-order valence-corrected chi connectivity index (χ4v) is 1.59. The zero-order valence-corrected chi connectivity index (χ0v) is 9.68. The minimum atomic E-state index is -1.44. The summed E-state index contributed by atoms with van der Waals surface area (Å²) in [6.45, 7) is 2.62. The third-order valence-electron chi connectivity index (χ3n) is 2.68. The predicted octanol–water partition coefficient (Wildman–Crippen LogP) is -0.701. The minimum absolute atomic E-state index is 0.00893. The van der Waals surface area contributed by atoms with E-state index in [0.717, 1.165) is 6.42 Å². The van der Waals surface area contributed by atoms with Gasteiger partial charge in [-0.05, 0) is 13.3 Å². The summed E-state index contributed by atoms with van der Waals surface area (Å²) in [4.78, 5) is 21.7. The molecular weight excluding hydrogens is 228 g/mol. The fraction of sp³-hybridized carbons (Fsp3) is 0.800. The molecule has 1 fully saturated rings. The molecule has 0 aromatic rings. The summed E-state index contributed by atoms with van der Waals surface area (Å²) in [7, 11) is 0. The molecule has 0 bridgehead atoms. The molecular formula is C10H18N2O5. The molecule has 1 saturated heterocycles. The number of hydrogen-bond acceptors (Lipinski definition) is 4. The molecule has 0 aliphatic carbocycles. The lowest BCUT2D eigenvalue weighted by Gasteiger charge is -2.16. The molecule has 0 spiro atoms. The van der Waals surface area contributed by atoms with Crippen molar-refractivity contribution in [2.24, 2.45) is 0 Å². The molecule has 2 amide bonds. The lowest BCUT2D eigenvalue weighted by Crippen LogP contribution is -2.45. The maximum absolute atomic E-state index is 11.4. The number of ether oxygens (including phenoxy) is 1. The summed E-state index contributed by atoms with van der Waals surface area (Å²) < 4.78 is 5.28. The molecule has 1 aliphatic heterocycles. The number of nitrogens with one attached hydrogen (secondary N) is 2. The summed E-state index contributed by atoms with van der Waals surface area (Å²) in [6, 6.07) is -0.385. The van der Waals surface area contributed by atoms with Crippen LogP contribution < -0.4 is 10.6 Å². The number of rotatable bonds is 5. The largest absolute Gasteiger partial charge is 0.479 e. The zero-order chi connectivity index (χ0) is 12.8. The van der Waals surface area contributed by atoms with Crippen LogP contribution in [-0.2, 0) is 9.53 Å². The number of urea groups is 1. The number of carboxylic acids is 1. The van der Waals surface area contributed by atoms with Crippen LogP contribution in [0.25, 0.3) is 0 Å². The zero-order valence-electron chi connectivity index (χ0n) is 9.68. The molecule has 0 radical (unpaired) electrons. The van der Waals surface area contributed by atoms with Gasteiger partial charge < -0.3 is 25.6 Å². The Morgan fingerprint density at radius 1 is 1.53 bits per heavy atom. The molecule has 98 valence electrons. The highest BCUT2D eigenvalue weighted by molar-refractivity contribution is 5.74. The summed E-state index contributed by atoms with van der Waals surface area (Å²) in [5.41, 5.74) is 0. The normalized spacial score (nSPS) is 25.3. The van der Waals surface area contributed by atoms with Crippen LogP contribution in [-0.4, -0.2) is 53.6 Å². The Hall–Kier alpha value is -1.34. The van der Waals surface area contributed by atoms with Gasteiger partial charge in [-0.15, -0.1) is 0 Å². The Kier molecular flexibility index (Phi) is 5.17. The molecule has 0 aromatic heterocycles. The highest BCUT2D eigenvalue weighted by atomic mass is 16.5. The molecule has 0 saturated carbocycles. The van der Waals surface area contributed by atoms with E-state index < -0.39 is 12.1 Å². The molecule has 17 heavy (non-hydrogen) atoms. The standard InChI is InChI=1S/C10H18N2O5/c1-6-7(3-5-17-6)12-10(16)11-4-2-8(13)9(14)15/h6-8,13H,2-5H2,1H3,(H,14,15)(H2,11,12,16). The highest BCUT2D eigenvalue weighted by Gasteiger charge is 2.25. The second kappa shape index (κ2) is 6.41. The predicted molar refractivity (Wildman–Crippen MR) is 58.6 cm³/mol. The van der Waals surface area contributed by atoms with Gasteiger partial charge >= 0.3 is 12.0 Å². The van der Waals surface area contributed by atoms with Gasteiger partial charge in [0.2, 0.25) is 0 Å². The van der Waals surface area contributed by atoms with E-state index in [1.807, 2.05) is 6.92 Å². The average Bonchev–Trinajstić information content (AvgIpc) is 2.64. The van der Waals surface area contributed by atoms with Crippen LogP contribution in [0.2, 0.25) is 0 Å². The lowest BCUT2D eigenvalue weighted by molar-refractivity contribution is -0.146. The van der Waals surface area contributed by atoms with E-state index in [2.05, 4.69) is 10.6 Å². The van der Waals surface area contributed by atoms with Gasteiger partial charge in [-0.25, -0.2) is 9.59 Å². The molecule has 3 atom stereocenters. The van der Waals surface area contributed by atoms with Gasteiger partial charge in [-0.2, -0.15) is 0 Å². The van der Waals surface area contributed by atoms with Crippen molar-refractivity contribution >= 4 is 12.0 Å². The Balaban J connectivity index is 2.15. The lowest BCUT2D eigenvalue weighted by atomic mass is 10.2. The number of hydrogen-bond donors (Lipinski definition) is 4. The van der Waals surface area contributed by atoms with Crippen molar-refractivity contribution in [2.45, 2.75) is 38.0 Å². The smallest absolute Gasteiger partial charge is 0.332 e. The first-order chi connectivity index (χ1) is 8.00. The number of carbonyl (C=O) groups is 2. The Labute approximate surface area is 99.1 Å². The van der Waals surface area contributed by atoms with Crippen molar-refractivity contribution < 1.29 is 24.5 Å². The van der Waals surface area contributed by atoms with E-state index in [1.54, 1.807) is 0 Å². The van der Waals surface area contributed by atoms with Gasteiger partial charge in [0.25, 0.3) is 0 Å². The van der Waals surface area contributed by atoms with E-state index in [0.29, 0.717) is 6.61 Å². The maximum Gasteiger partial charge on any atom is 0.332 e. The summed E-state index contributed by atoms with van der Waals surface area (Å²) in [5.74, 6) is -1.29. The van der Waals surface area contributed by atoms with Crippen molar-refractivity contribution in [3.8, 4) is 0 Å². The third-order valence-corrected chi connectivity index (χ3v) is 2.68. The Morgan fingerprint density at radius 3 is 2.76 bits per heavy atom. The van der Waals surface area contributed by atoms with Gasteiger partial charge in [0, 0.05) is 19.6 Å². The van der Waals surface area contributed by atoms with Crippen LogP contribution in [0, 0.1) is 0 Å². The number of amides is 2. The van der Waals surface area contributed by atoms with Gasteiger partial charge in [0.05, 0.1) is 12.1 Å². The van der Waals surface area contributed by atoms with Gasteiger partial charge in [-0.1, -0.05) is 0 Å². The number of aliphatic carboxylic acids is 1. The maximum atomic E-state index is 11.4. The molecule has 7 nitrogen and oxygen atoms in total. The first-order valence-corrected chi connectivity index (χ1v) is 5.57. The Morgan fingerprint density at radius 2 is 2.24 bits per heavy atom. The second-order valence-corrected chi connectivity index (χ2v) is 4.01. The monoisotopic (exact) mass is 246 g/mol. The van der Waals surface area contributed by atoms with Crippen LogP contribution >= 0.6 is 0 Å². The van der Waals surface area contributed by atoms with Crippen molar-refractivity contribution in [3.05, 3.63) is 0 Å². The molecule has 1 aliphatic rings. The van der Waals surface area contributed by atoms with E-state index in [-0.39, 0.29) is 31.1 Å². The van der Waals surface area contributed by atoms with E-state index in [4.69, 9.17) is 14.9 Å². The van der Waals surface area contributed by atoms with Gasteiger partial charge in [-0.3, -0.25) is 0 Å². The van der Waals surface area contributed by atoms with Crippen LogP contribution in [0.1, 0.15) is 19.8 Å². The second-order valence-electron chi connectivity index (χ2n) is 4.01. The number of aliphatic hydroxyl groups excluding tert-OH is 1. The van der Waals surface area contributed by atoms with E-state index in [1.165, 1.54) is 0 Å². The molecule has 1 heterocycles. The van der Waals surface area contributed by atoms with Crippen LogP contribution in [0.3, 0.4) is 0 Å². The molecule has 3 unspecified atom stereocenters. The number of carbonyl (C=O) groups excluding carboxylic acids is 1. The fourth-order valence-electron chi connectivity index (χ4n) is 1.59. The summed E-state index contributed by atoms with van der Waals surface area (Å²) in [5, 5.41) is 22.6. The summed E-state index contributed by atoms with van der Waals surface area (Å²) >= 11 is 0. The SMILES string of the molecule is CC1OCCC1NC(=O)NCCC(O)C(=O)O. The van der Waals surface area contributed by atoms with Crippen LogP contribution in [0.4, 0.5) is 4.79 Å². The van der Waals surface area contributed by atoms with Crippen LogP contribution in [0.15, 0.2) is 0 Å². The Bertz CT molecular complexity index is 284. The quantitative estimate of drug-likeness (QED) is 0.513. The van der Waals surface area contributed by atoms with Crippen molar-refractivity contribution in [1.82, 2.24) is 10.6 Å². The minimum Gasteiger partial charge on any atom is -0.479 e. The van der Waals surface area contributed by atoms with E-state index >= 15 is 0 Å². The first kappa shape index (κ1) is 13.7. The van der Waals surface area contributed by atoms with Crippen molar-refractivity contribution in [1.29, 1.82) is 0 Å². The third kappa shape index (κ3) is 4.58. The highest BCUT2D eigenvalue weighted by Crippen LogP contribution is 2.11. The number of aliphatic hydroxyl groups is 1. The summed E-state index contributed by atoms with van der Waals surface area (Å²) in [6.07, 6.45) is -0.694. The number of carboxylic acid groups (broad SMARTS) is 1. The molecule has 4 N–H and O–H groups in total. The van der Waals surface area contributed by atoms with Gasteiger partial charge in [0.15, 0.2) is 6.10 Å².